The lowest BCUT2D eigenvalue weighted by atomic mass is 10.1. The standard InChI is InChI=1S/C21H21Cl2NO3/c1-4-16-7-5-6-13(2)20(16)24-21(26)14(3)27-19(25)11-9-15-8-10-17(22)18(23)12-15/h5-12,14H,4H2,1-3H3,(H,24,26)/b11-9+. The number of hydrogen-bond acceptors (Lipinski definition) is 3. The van der Waals surface area contributed by atoms with Crippen LogP contribution in [0.2, 0.25) is 10.0 Å². The number of anilines is 1. The number of benzene rings is 2. The number of rotatable bonds is 6. The van der Waals surface area contributed by atoms with Crippen molar-refractivity contribution in [2.24, 2.45) is 0 Å². The zero-order valence-electron chi connectivity index (χ0n) is 15.4. The van der Waals surface area contributed by atoms with Crippen LogP contribution in [0.1, 0.15) is 30.5 Å². The number of aryl methyl sites for hydroxylation is 2. The van der Waals surface area contributed by atoms with Crippen molar-refractivity contribution in [3.63, 3.8) is 0 Å². The van der Waals surface area contributed by atoms with Crippen LogP contribution in [0.3, 0.4) is 0 Å². The van der Waals surface area contributed by atoms with Crippen LogP contribution in [0, 0.1) is 6.92 Å². The van der Waals surface area contributed by atoms with E-state index in [0.29, 0.717) is 15.6 Å². The van der Waals surface area contributed by atoms with Gasteiger partial charge in [-0.05, 0) is 55.2 Å². The highest BCUT2D eigenvalue weighted by molar-refractivity contribution is 6.42. The van der Waals surface area contributed by atoms with Gasteiger partial charge in [0.15, 0.2) is 6.10 Å². The summed E-state index contributed by atoms with van der Waals surface area (Å²) in [7, 11) is 0. The maximum atomic E-state index is 12.4. The quantitative estimate of drug-likeness (QED) is 0.513. The Labute approximate surface area is 169 Å². The van der Waals surface area contributed by atoms with Gasteiger partial charge in [0.25, 0.3) is 5.91 Å². The maximum absolute atomic E-state index is 12.4. The van der Waals surface area contributed by atoms with Gasteiger partial charge in [0.2, 0.25) is 0 Å². The lowest BCUT2D eigenvalue weighted by molar-refractivity contribution is -0.148. The number of esters is 1. The number of nitrogens with one attached hydrogen (secondary N) is 1. The molecule has 2 aromatic rings. The van der Waals surface area contributed by atoms with Gasteiger partial charge in [-0.15, -0.1) is 0 Å². The second kappa shape index (κ2) is 9.58. The Kier molecular flexibility index (Phi) is 7.45. The smallest absolute Gasteiger partial charge is 0.331 e. The predicted octanol–water partition coefficient (Wildman–Crippen LogP) is 5.45. The molecule has 0 heterocycles. The minimum atomic E-state index is -0.930. The average molecular weight is 406 g/mol. The molecule has 2 aromatic carbocycles. The van der Waals surface area contributed by atoms with Gasteiger partial charge in [0.1, 0.15) is 0 Å². The van der Waals surface area contributed by atoms with E-state index in [0.717, 1.165) is 23.2 Å². The third-order valence-corrected chi connectivity index (χ3v) is 4.74. The van der Waals surface area contributed by atoms with E-state index in [1.807, 2.05) is 32.0 Å². The monoisotopic (exact) mass is 405 g/mol. The topological polar surface area (TPSA) is 55.4 Å². The normalized spacial score (nSPS) is 12.0. The van der Waals surface area contributed by atoms with Gasteiger partial charge in [-0.25, -0.2) is 4.79 Å². The highest BCUT2D eigenvalue weighted by atomic mass is 35.5. The van der Waals surface area contributed by atoms with E-state index in [9.17, 15) is 9.59 Å². The van der Waals surface area contributed by atoms with Gasteiger partial charge in [-0.1, -0.05) is 54.4 Å². The first-order chi connectivity index (χ1) is 12.8. The molecule has 1 atom stereocenters. The highest BCUT2D eigenvalue weighted by Gasteiger charge is 2.18. The molecule has 0 aromatic heterocycles. The number of carbonyl (C=O) groups excluding carboxylic acids is 2. The summed E-state index contributed by atoms with van der Waals surface area (Å²) in [6.45, 7) is 5.47. The van der Waals surface area contributed by atoms with Crippen LogP contribution < -0.4 is 5.32 Å². The van der Waals surface area contributed by atoms with E-state index in [4.69, 9.17) is 27.9 Å². The predicted molar refractivity (Wildman–Crippen MR) is 110 cm³/mol. The number of carbonyl (C=O) groups is 2. The minimum absolute atomic E-state index is 0.379. The molecule has 142 valence electrons. The van der Waals surface area contributed by atoms with Crippen molar-refractivity contribution in [3.05, 3.63) is 69.2 Å². The molecule has 1 amide bonds. The van der Waals surface area contributed by atoms with Crippen LogP contribution in [0.25, 0.3) is 6.08 Å². The Morgan fingerprint density at radius 3 is 2.59 bits per heavy atom. The zero-order chi connectivity index (χ0) is 20.0. The zero-order valence-corrected chi connectivity index (χ0v) is 16.9. The summed E-state index contributed by atoms with van der Waals surface area (Å²) in [5.74, 6) is -1.00. The third kappa shape index (κ3) is 5.84. The van der Waals surface area contributed by atoms with Crippen LogP contribution in [-0.4, -0.2) is 18.0 Å². The largest absolute Gasteiger partial charge is 0.449 e. The average Bonchev–Trinajstić information content (AvgIpc) is 2.64. The summed E-state index contributed by atoms with van der Waals surface area (Å²) >= 11 is 11.8. The lowest BCUT2D eigenvalue weighted by Crippen LogP contribution is -2.30. The fourth-order valence-electron chi connectivity index (χ4n) is 2.47. The number of para-hydroxylation sites is 1. The molecule has 0 bridgehead atoms. The van der Waals surface area contributed by atoms with Crippen molar-refractivity contribution in [2.75, 3.05) is 5.32 Å². The summed E-state index contributed by atoms with van der Waals surface area (Å²) in [4.78, 5) is 24.4. The molecule has 4 nitrogen and oxygen atoms in total. The van der Waals surface area contributed by atoms with Crippen LogP contribution >= 0.6 is 23.2 Å². The van der Waals surface area contributed by atoms with Gasteiger partial charge in [-0.2, -0.15) is 0 Å². The number of amides is 1. The fourth-order valence-corrected chi connectivity index (χ4v) is 2.78. The van der Waals surface area contributed by atoms with Gasteiger partial charge < -0.3 is 10.1 Å². The van der Waals surface area contributed by atoms with Gasteiger partial charge in [0, 0.05) is 11.8 Å². The van der Waals surface area contributed by atoms with E-state index in [1.54, 1.807) is 24.3 Å². The Morgan fingerprint density at radius 1 is 1.19 bits per heavy atom. The summed E-state index contributed by atoms with van der Waals surface area (Å²) in [5, 5.41) is 3.68. The molecule has 1 N–H and O–H groups in total. The first-order valence-electron chi connectivity index (χ1n) is 8.55. The molecule has 0 aliphatic heterocycles. The molecule has 6 heteroatoms. The van der Waals surface area contributed by atoms with Crippen molar-refractivity contribution in [1.82, 2.24) is 0 Å². The number of halogens is 2. The molecular weight excluding hydrogens is 385 g/mol. The van der Waals surface area contributed by atoms with Crippen molar-refractivity contribution >= 4 is 46.8 Å². The van der Waals surface area contributed by atoms with Crippen molar-refractivity contribution < 1.29 is 14.3 Å². The van der Waals surface area contributed by atoms with Gasteiger partial charge >= 0.3 is 5.97 Å². The van der Waals surface area contributed by atoms with Crippen LogP contribution in [0.4, 0.5) is 5.69 Å². The summed E-state index contributed by atoms with van der Waals surface area (Å²) in [5.41, 5.74) is 3.45. The molecule has 0 saturated heterocycles. The molecule has 27 heavy (non-hydrogen) atoms. The second-order valence-electron chi connectivity index (χ2n) is 6.04. The molecule has 0 fully saturated rings. The molecule has 0 radical (unpaired) electrons. The Balaban J connectivity index is 1.98. The summed E-state index contributed by atoms with van der Waals surface area (Å²) in [6.07, 6.45) is 2.65. The molecule has 0 saturated carbocycles. The number of ether oxygens (including phenoxy) is 1. The van der Waals surface area contributed by atoms with Crippen molar-refractivity contribution in [3.8, 4) is 0 Å². The SMILES string of the molecule is CCc1cccc(C)c1NC(=O)C(C)OC(=O)/C=C/c1ccc(Cl)c(Cl)c1. The first kappa shape index (κ1) is 21.0. The molecule has 2 rings (SSSR count). The van der Waals surface area contributed by atoms with E-state index >= 15 is 0 Å². The highest BCUT2D eigenvalue weighted by Crippen LogP contribution is 2.23. The molecule has 1 unspecified atom stereocenters. The first-order valence-corrected chi connectivity index (χ1v) is 9.30. The lowest BCUT2D eigenvalue weighted by Gasteiger charge is -2.16. The van der Waals surface area contributed by atoms with E-state index < -0.39 is 12.1 Å². The van der Waals surface area contributed by atoms with Crippen LogP contribution in [-0.2, 0) is 20.7 Å². The van der Waals surface area contributed by atoms with Crippen LogP contribution in [0.15, 0.2) is 42.5 Å². The molecule has 0 aliphatic rings. The van der Waals surface area contributed by atoms with Crippen molar-refractivity contribution in [2.45, 2.75) is 33.3 Å². The number of hydrogen-bond donors (Lipinski definition) is 1. The van der Waals surface area contributed by atoms with E-state index in [-0.39, 0.29) is 5.91 Å². The summed E-state index contributed by atoms with van der Waals surface area (Å²) < 4.78 is 5.18. The minimum Gasteiger partial charge on any atom is -0.449 e. The second-order valence-corrected chi connectivity index (χ2v) is 6.85. The van der Waals surface area contributed by atoms with Gasteiger partial charge in [0.05, 0.1) is 10.0 Å². The van der Waals surface area contributed by atoms with Crippen molar-refractivity contribution in [1.29, 1.82) is 0 Å². The summed E-state index contributed by atoms with van der Waals surface area (Å²) in [6, 6.07) is 10.8. The molecule has 0 aliphatic carbocycles. The molecule has 0 spiro atoms. The Hall–Kier alpha value is -2.30. The third-order valence-electron chi connectivity index (χ3n) is 4.01. The molecular formula is C21H21Cl2NO3. The fraction of sp³-hybridized carbons (Fsp3) is 0.238. The van der Waals surface area contributed by atoms with Gasteiger partial charge in [-0.3, -0.25) is 4.79 Å². The van der Waals surface area contributed by atoms with E-state index in [2.05, 4.69) is 5.32 Å². The Bertz CT molecular complexity index is 878. The van der Waals surface area contributed by atoms with Crippen LogP contribution in [0.5, 0.6) is 0 Å². The maximum Gasteiger partial charge on any atom is 0.331 e. The Morgan fingerprint density at radius 2 is 1.93 bits per heavy atom. The van der Waals surface area contributed by atoms with E-state index in [1.165, 1.54) is 13.0 Å².